The van der Waals surface area contributed by atoms with Crippen LogP contribution in [-0.4, -0.2) is 30.9 Å². The minimum atomic E-state index is -0.918. The van der Waals surface area contributed by atoms with Crippen LogP contribution in [0.2, 0.25) is 0 Å². The third-order valence-electron chi connectivity index (χ3n) is 2.13. The second-order valence-electron chi connectivity index (χ2n) is 3.33. The van der Waals surface area contributed by atoms with E-state index in [1.807, 2.05) is 6.92 Å². The molecule has 0 saturated carbocycles. The van der Waals surface area contributed by atoms with Crippen molar-refractivity contribution in [2.24, 2.45) is 0 Å². The lowest BCUT2D eigenvalue weighted by molar-refractivity contribution is 0.0696. The van der Waals surface area contributed by atoms with Gasteiger partial charge < -0.3 is 14.6 Å². The molecule has 1 N–H and O–H groups in total. The number of benzene rings is 1. The molecule has 1 aromatic rings. The summed E-state index contributed by atoms with van der Waals surface area (Å²) in [5, 5.41) is 8.84. The minimum Gasteiger partial charge on any atom is -0.491 e. The Hall–Kier alpha value is -1.55. The number of hydrogen-bond donors (Lipinski definition) is 1. The van der Waals surface area contributed by atoms with Crippen molar-refractivity contribution < 1.29 is 19.4 Å². The average Bonchev–Trinajstić information content (AvgIpc) is 2.24. The van der Waals surface area contributed by atoms with Crippen LogP contribution in [0, 0.1) is 6.92 Å². The predicted octanol–water partition coefficient (Wildman–Crippen LogP) is 2.11. The lowest BCUT2D eigenvalue weighted by Crippen LogP contribution is -2.07. The van der Waals surface area contributed by atoms with E-state index in [0.29, 0.717) is 36.7 Å². The molecule has 0 aliphatic heterocycles. The number of aryl methyl sites for hydroxylation is 1. The van der Waals surface area contributed by atoms with Crippen LogP contribution in [0.25, 0.3) is 0 Å². The molecule has 0 aliphatic rings. The van der Waals surface area contributed by atoms with E-state index in [1.54, 1.807) is 25.1 Å². The summed E-state index contributed by atoms with van der Waals surface area (Å²) in [5.74, 6) is -0.249. The van der Waals surface area contributed by atoms with E-state index in [0.717, 1.165) is 0 Å². The topological polar surface area (TPSA) is 55.8 Å². The first-order valence-corrected chi connectivity index (χ1v) is 5.19. The highest BCUT2D eigenvalue weighted by atomic mass is 16.5. The van der Waals surface area contributed by atoms with Crippen LogP contribution in [0.3, 0.4) is 0 Å². The van der Waals surface area contributed by atoms with Crippen LogP contribution in [-0.2, 0) is 4.74 Å². The number of ether oxygens (including phenoxy) is 2. The summed E-state index contributed by atoms with van der Waals surface area (Å²) in [7, 11) is 0. The van der Waals surface area contributed by atoms with Crippen molar-refractivity contribution in [3.63, 3.8) is 0 Å². The summed E-state index contributed by atoms with van der Waals surface area (Å²) in [6, 6.07) is 4.92. The molecule has 0 saturated heterocycles. The first kappa shape index (κ1) is 12.5. The number of rotatable bonds is 6. The first-order valence-electron chi connectivity index (χ1n) is 5.19. The summed E-state index contributed by atoms with van der Waals surface area (Å²) < 4.78 is 10.5. The van der Waals surface area contributed by atoms with Gasteiger partial charge in [0.2, 0.25) is 0 Å². The van der Waals surface area contributed by atoms with E-state index in [-0.39, 0.29) is 0 Å². The Morgan fingerprint density at radius 3 is 2.69 bits per heavy atom. The van der Waals surface area contributed by atoms with E-state index < -0.39 is 5.97 Å². The van der Waals surface area contributed by atoms with E-state index in [4.69, 9.17) is 14.6 Å². The fraction of sp³-hybridized carbons (Fsp3) is 0.417. The van der Waals surface area contributed by atoms with Crippen molar-refractivity contribution in [3.05, 3.63) is 29.3 Å². The Bertz CT molecular complexity index is 360. The maximum Gasteiger partial charge on any atom is 0.335 e. The van der Waals surface area contributed by atoms with Gasteiger partial charge in [-0.2, -0.15) is 0 Å². The van der Waals surface area contributed by atoms with Crippen LogP contribution in [0.5, 0.6) is 5.75 Å². The molecule has 0 spiro atoms. The number of carboxylic acid groups (broad SMARTS) is 1. The number of carbonyl (C=O) groups is 1. The van der Waals surface area contributed by atoms with E-state index in [1.165, 1.54) is 0 Å². The van der Waals surface area contributed by atoms with E-state index >= 15 is 0 Å². The normalized spacial score (nSPS) is 10.1. The van der Waals surface area contributed by atoms with E-state index in [2.05, 4.69) is 0 Å². The molecule has 1 aromatic carbocycles. The highest BCUT2D eigenvalue weighted by Crippen LogP contribution is 2.17. The van der Waals surface area contributed by atoms with Gasteiger partial charge in [0.1, 0.15) is 12.4 Å². The summed E-state index contributed by atoms with van der Waals surface area (Å²) in [6.07, 6.45) is 0. The largest absolute Gasteiger partial charge is 0.491 e. The Kier molecular flexibility index (Phi) is 4.79. The van der Waals surface area contributed by atoms with Gasteiger partial charge in [0.25, 0.3) is 0 Å². The first-order chi connectivity index (χ1) is 7.65. The molecular formula is C12H16O4. The van der Waals surface area contributed by atoms with Gasteiger partial charge in [0, 0.05) is 6.61 Å². The monoisotopic (exact) mass is 224 g/mol. The second kappa shape index (κ2) is 6.12. The van der Waals surface area contributed by atoms with Gasteiger partial charge in [0.05, 0.1) is 12.2 Å². The summed E-state index contributed by atoms with van der Waals surface area (Å²) in [6.45, 7) is 5.35. The maximum atomic E-state index is 10.8. The lowest BCUT2D eigenvalue weighted by Gasteiger charge is -2.08. The molecular weight excluding hydrogens is 208 g/mol. The molecule has 0 bridgehead atoms. The zero-order valence-electron chi connectivity index (χ0n) is 9.53. The zero-order valence-corrected chi connectivity index (χ0v) is 9.53. The second-order valence-corrected chi connectivity index (χ2v) is 3.33. The van der Waals surface area contributed by atoms with Gasteiger partial charge in [-0.05, 0) is 37.6 Å². The van der Waals surface area contributed by atoms with Crippen molar-refractivity contribution in [1.29, 1.82) is 0 Å². The lowest BCUT2D eigenvalue weighted by atomic mass is 10.1. The number of aromatic carboxylic acids is 1. The van der Waals surface area contributed by atoms with Crippen molar-refractivity contribution >= 4 is 5.97 Å². The van der Waals surface area contributed by atoms with Crippen molar-refractivity contribution in [2.75, 3.05) is 19.8 Å². The maximum absolute atomic E-state index is 10.8. The van der Waals surface area contributed by atoms with Crippen molar-refractivity contribution in [1.82, 2.24) is 0 Å². The molecule has 0 heterocycles. The van der Waals surface area contributed by atoms with Crippen LogP contribution < -0.4 is 4.74 Å². The molecule has 4 nitrogen and oxygen atoms in total. The summed E-state index contributed by atoms with van der Waals surface area (Å²) >= 11 is 0. The molecule has 0 amide bonds. The molecule has 0 fully saturated rings. The van der Waals surface area contributed by atoms with Crippen LogP contribution in [0.15, 0.2) is 18.2 Å². The zero-order chi connectivity index (χ0) is 12.0. The quantitative estimate of drug-likeness (QED) is 0.752. The van der Waals surface area contributed by atoms with Crippen molar-refractivity contribution in [2.45, 2.75) is 13.8 Å². The smallest absolute Gasteiger partial charge is 0.335 e. The number of carboxylic acids is 1. The van der Waals surface area contributed by atoms with Gasteiger partial charge in [0.15, 0.2) is 0 Å². The fourth-order valence-corrected chi connectivity index (χ4v) is 1.33. The molecule has 88 valence electrons. The molecule has 16 heavy (non-hydrogen) atoms. The van der Waals surface area contributed by atoms with E-state index in [9.17, 15) is 4.79 Å². The van der Waals surface area contributed by atoms with Gasteiger partial charge in [-0.3, -0.25) is 0 Å². The Labute approximate surface area is 94.8 Å². The third-order valence-corrected chi connectivity index (χ3v) is 2.13. The average molecular weight is 224 g/mol. The van der Waals surface area contributed by atoms with Crippen LogP contribution >= 0.6 is 0 Å². The Morgan fingerprint density at radius 2 is 2.12 bits per heavy atom. The van der Waals surface area contributed by atoms with Crippen LogP contribution in [0.4, 0.5) is 0 Å². The van der Waals surface area contributed by atoms with Crippen molar-refractivity contribution in [3.8, 4) is 5.75 Å². The highest BCUT2D eigenvalue weighted by Gasteiger charge is 2.07. The number of hydrogen-bond acceptors (Lipinski definition) is 3. The Balaban J connectivity index is 2.56. The minimum absolute atomic E-state index is 0.303. The molecule has 0 atom stereocenters. The molecule has 0 radical (unpaired) electrons. The van der Waals surface area contributed by atoms with Gasteiger partial charge in [-0.25, -0.2) is 4.79 Å². The predicted molar refractivity (Wildman–Crippen MR) is 60.1 cm³/mol. The van der Waals surface area contributed by atoms with Crippen LogP contribution in [0.1, 0.15) is 22.8 Å². The molecule has 0 aromatic heterocycles. The molecule has 0 unspecified atom stereocenters. The third kappa shape index (κ3) is 3.55. The molecule has 4 heteroatoms. The standard InChI is InChI=1S/C12H16O4/c1-3-15-6-7-16-10-4-5-11(12(13)14)9(2)8-10/h4-5,8H,3,6-7H2,1-2H3,(H,13,14). The summed E-state index contributed by atoms with van der Waals surface area (Å²) in [4.78, 5) is 10.8. The van der Waals surface area contributed by atoms with Gasteiger partial charge in [-0.15, -0.1) is 0 Å². The molecule has 1 rings (SSSR count). The fourth-order valence-electron chi connectivity index (χ4n) is 1.33. The van der Waals surface area contributed by atoms with Gasteiger partial charge >= 0.3 is 5.97 Å². The Morgan fingerprint density at radius 1 is 1.38 bits per heavy atom. The highest BCUT2D eigenvalue weighted by molar-refractivity contribution is 5.89. The van der Waals surface area contributed by atoms with Gasteiger partial charge in [-0.1, -0.05) is 0 Å². The SMILES string of the molecule is CCOCCOc1ccc(C(=O)O)c(C)c1. The summed E-state index contributed by atoms with van der Waals surface area (Å²) in [5.41, 5.74) is 0.999. The molecule has 0 aliphatic carbocycles.